The Bertz CT molecular complexity index is 620. The number of aliphatic hydroxyl groups excluding tert-OH is 1. The molecular formula is C15H16N2O2S. The molecule has 104 valence electrons. The molecule has 5 heteroatoms. The van der Waals surface area contributed by atoms with E-state index in [1.54, 1.807) is 35.6 Å². The monoisotopic (exact) mass is 288 g/mol. The van der Waals surface area contributed by atoms with E-state index in [-0.39, 0.29) is 0 Å². The minimum atomic E-state index is -1.21. The van der Waals surface area contributed by atoms with Crippen LogP contribution in [0.1, 0.15) is 28.3 Å². The van der Waals surface area contributed by atoms with E-state index < -0.39 is 12.0 Å². The molecule has 1 heterocycles. The summed E-state index contributed by atoms with van der Waals surface area (Å²) in [6.45, 7) is 3.83. The Morgan fingerprint density at radius 1 is 1.25 bits per heavy atom. The van der Waals surface area contributed by atoms with Gasteiger partial charge >= 0.3 is 0 Å². The maximum absolute atomic E-state index is 11.8. The molecule has 1 aromatic heterocycles. The van der Waals surface area contributed by atoms with Gasteiger partial charge in [-0.2, -0.15) is 5.10 Å². The minimum Gasteiger partial charge on any atom is -0.378 e. The molecule has 0 spiro atoms. The first kappa shape index (κ1) is 14.4. The lowest BCUT2D eigenvalue weighted by Crippen LogP contribution is -2.26. The van der Waals surface area contributed by atoms with Crippen LogP contribution in [0.25, 0.3) is 0 Å². The average molecular weight is 288 g/mol. The summed E-state index contributed by atoms with van der Waals surface area (Å²) in [7, 11) is 0. The van der Waals surface area contributed by atoms with E-state index in [0.717, 1.165) is 10.6 Å². The smallest absolute Gasteiger partial charge is 0.273 e. The van der Waals surface area contributed by atoms with Crippen LogP contribution in [0.15, 0.2) is 47.6 Å². The first-order chi connectivity index (χ1) is 9.58. The average Bonchev–Trinajstić information content (AvgIpc) is 2.91. The Morgan fingerprint density at radius 3 is 2.55 bits per heavy atom. The highest BCUT2D eigenvalue weighted by Gasteiger charge is 2.16. The van der Waals surface area contributed by atoms with Gasteiger partial charge in [0.05, 0.1) is 10.6 Å². The summed E-state index contributed by atoms with van der Waals surface area (Å²) in [6.07, 6.45) is -1.21. The normalized spacial score (nSPS) is 13.1. The molecule has 0 unspecified atom stereocenters. The van der Waals surface area contributed by atoms with E-state index in [4.69, 9.17) is 0 Å². The van der Waals surface area contributed by atoms with E-state index in [9.17, 15) is 9.90 Å². The molecule has 0 aliphatic rings. The molecule has 0 fully saturated rings. The molecule has 2 rings (SSSR count). The lowest BCUT2D eigenvalue weighted by Gasteiger charge is -2.09. The van der Waals surface area contributed by atoms with Crippen molar-refractivity contribution in [1.29, 1.82) is 0 Å². The number of thiophene rings is 1. The Balaban J connectivity index is 2.01. The van der Waals surface area contributed by atoms with Gasteiger partial charge < -0.3 is 5.11 Å². The van der Waals surface area contributed by atoms with Gasteiger partial charge in [0.1, 0.15) is 0 Å². The zero-order chi connectivity index (χ0) is 14.5. The van der Waals surface area contributed by atoms with Gasteiger partial charge in [-0.15, -0.1) is 11.3 Å². The van der Waals surface area contributed by atoms with Crippen LogP contribution < -0.4 is 5.43 Å². The molecule has 0 saturated carbocycles. The minimum absolute atomic E-state index is 0.538. The summed E-state index contributed by atoms with van der Waals surface area (Å²) in [6, 6.07) is 12.7. The Kier molecular flexibility index (Phi) is 4.65. The van der Waals surface area contributed by atoms with Crippen LogP contribution in [0.3, 0.4) is 0 Å². The van der Waals surface area contributed by atoms with Gasteiger partial charge in [-0.1, -0.05) is 30.3 Å². The SMILES string of the molecule is C/C(=N/NC(=O)[C@H](O)c1ccccc1)c1ccc(C)s1. The second kappa shape index (κ2) is 6.45. The number of carbonyl (C=O) groups is 1. The maximum atomic E-state index is 11.8. The molecule has 0 saturated heterocycles. The number of hydrazone groups is 1. The van der Waals surface area contributed by atoms with Crippen LogP contribution in [-0.2, 0) is 4.79 Å². The predicted octanol–water partition coefficient (Wildman–Crippen LogP) is 2.63. The van der Waals surface area contributed by atoms with Crippen molar-refractivity contribution < 1.29 is 9.90 Å². The van der Waals surface area contributed by atoms with Gasteiger partial charge in [-0.25, -0.2) is 5.43 Å². The lowest BCUT2D eigenvalue weighted by molar-refractivity contribution is -0.129. The fraction of sp³-hybridized carbons (Fsp3) is 0.200. The van der Waals surface area contributed by atoms with E-state index in [0.29, 0.717) is 5.56 Å². The number of amides is 1. The first-order valence-corrected chi connectivity index (χ1v) is 7.03. The lowest BCUT2D eigenvalue weighted by atomic mass is 10.1. The maximum Gasteiger partial charge on any atom is 0.273 e. The number of aliphatic hydroxyl groups is 1. The molecule has 1 aromatic carbocycles. The summed E-state index contributed by atoms with van der Waals surface area (Å²) in [5, 5.41) is 13.9. The molecule has 0 aliphatic heterocycles. The number of hydrogen-bond donors (Lipinski definition) is 2. The van der Waals surface area contributed by atoms with Crippen molar-refractivity contribution in [2.24, 2.45) is 5.10 Å². The van der Waals surface area contributed by atoms with Crippen LogP contribution in [-0.4, -0.2) is 16.7 Å². The molecule has 1 amide bonds. The van der Waals surface area contributed by atoms with Gasteiger partial charge in [0.2, 0.25) is 0 Å². The summed E-state index contributed by atoms with van der Waals surface area (Å²) >= 11 is 1.61. The van der Waals surface area contributed by atoms with E-state index in [2.05, 4.69) is 10.5 Å². The van der Waals surface area contributed by atoms with Gasteiger partial charge in [0.25, 0.3) is 5.91 Å². The molecule has 0 radical (unpaired) electrons. The van der Waals surface area contributed by atoms with Gasteiger partial charge in [-0.05, 0) is 31.5 Å². The molecular weight excluding hydrogens is 272 g/mol. The van der Waals surface area contributed by atoms with Crippen molar-refractivity contribution in [3.63, 3.8) is 0 Å². The number of carbonyl (C=O) groups excluding carboxylic acids is 1. The van der Waals surface area contributed by atoms with Crippen molar-refractivity contribution in [2.45, 2.75) is 20.0 Å². The third kappa shape index (κ3) is 3.53. The summed E-state index contributed by atoms with van der Waals surface area (Å²) in [5.74, 6) is -0.538. The molecule has 2 aromatic rings. The van der Waals surface area contributed by atoms with Gasteiger partial charge in [0, 0.05) is 4.88 Å². The first-order valence-electron chi connectivity index (χ1n) is 6.22. The topological polar surface area (TPSA) is 61.7 Å². The highest BCUT2D eigenvalue weighted by atomic mass is 32.1. The fourth-order valence-corrected chi connectivity index (χ4v) is 2.48. The largest absolute Gasteiger partial charge is 0.378 e. The Labute approximate surface area is 121 Å². The zero-order valence-corrected chi connectivity index (χ0v) is 12.1. The highest BCUT2D eigenvalue weighted by Crippen LogP contribution is 2.16. The van der Waals surface area contributed by atoms with Gasteiger partial charge in [0.15, 0.2) is 6.10 Å². The van der Waals surface area contributed by atoms with Crippen LogP contribution in [0.5, 0.6) is 0 Å². The third-order valence-electron chi connectivity index (χ3n) is 2.79. The van der Waals surface area contributed by atoms with Crippen molar-refractivity contribution in [3.8, 4) is 0 Å². The molecule has 0 bridgehead atoms. The van der Waals surface area contributed by atoms with Crippen LogP contribution in [0.4, 0.5) is 0 Å². The summed E-state index contributed by atoms with van der Waals surface area (Å²) in [5.41, 5.74) is 3.66. The molecule has 0 aliphatic carbocycles. The van der Waals surface area contributed by atoms with E-state index in [1.165, 1.54) is 4.88 Å². The second-order valence-electron chi connectivity index (χ2n) is 4.40. The number of rotatable bonds is 4. The zero-order valence-electron chi connectivity index (χ0n) is 11.3. The predicted molar refractivity (Wildman–Crippen MR) is 80.8 cm³/mol. The molecule has 20 heavy (non-hydrogen) atoms. The van der Waals surface area contributed by atoms with Crippen molar-refractivity contribution in [2.75, 3.05) is 0 Å². The van der Waals surface area contributed by atoms with Crippen molar-refractivity contribution >= 4 is 23.0 Å². The quantitative estimate of drug-likeness (QED) is 0.671. The number of nitrogens with zero attached hydrogens (tertiary/aromatic N) is 1. The Hall–Kier alpha value is -1.98. The van der Waals surface area contributed by atoms with E-state index in [1.807, 2.05) is 32.0 Å². The highest BCUT2D eigenvalue weighted by molar-refractivity contribution is 7.14. The Morgan fingerprint density at radius 2 is 1.95 bits per heavy atom. The summed E-state index contributed by atoms with van der Waals surface area (Å²) < 4.78 is 0. The van der Waals surface area contributed by atoms with Crippen molar-refractivity contribution in [3.05, 3.63) is 57.8 Å². The molecule has 4 nitrogen and oxygen atoms in total. The number of benzene rings is 1. The fourth-order valence-electron chi connectivity index (χ4n) is 1.67. The van der Waals surface area contributed by atoms with Crippen LogP contribution in [0, 0.1) is 6.92 Å². The van der Waals surface area contributed by atoms with E-state index >= 15 is 0 Å². The summed E-state index contributed by atoms with van der Waals surface area (Å²) in [4.78, 5) is 14.0. The van der Waals surface area contributed by atoms with Gasteiger partial charge in [-0.3, -0.25) is 4.79 Å². The van der Waals surface area contributed by atoms with Crippen LogP contribution in [0.2, 0.25) is 0 Å². The molecule has 2 N–H and O–H groups in total. The van der Waals surface area contributed by atoms with Crippen LogP contribution >= 0.6 is 11.3 Å². The third-order valence-corrected chi connectivity index (χ3v) is 3.90. The molecule has 1 atom stereocenters. The number of aryl methyl sites for hydroxylation is 1. The standard InChI is InChI=1S/C15H16N2O2S/c1-10-8-9-13(20-10)11(2)16-17-15(19)14(18)12-6-4-3-5-7-12/h3-9,14,18H,1-2H3,(H,17,19)/b16-11-/t14-/m1/s1. The number of hydrogen-bond acceptors (Lipinski definition) is 4. The van der Waals surface area contributed by atoms with Crippen molar-refractivity contribution in [1.82, 2.24) is 5.43 Å². The number of nitrogens with one attached hydrogen (secondary N) is 1. The second-order valence-corrected chi connectivity index (χ2v) is 5.68.